The lowest BCUT2D eigenvalue weighted by molar-refractivity contribution is 0.222. The van der Waals surface area contributed by atoms with Gasteiger partial charge in [0.05, 0.1) is 17.9 Å². The molecule has 0 atom stereocenters. The second-order valence-electron chi connectivity index (χ2n) is 7.21. The predicted octanol–water partition coefficient (Wildman–Crippen LogP) is 2.97. The van der Waals surface area contributed by atoms with Gasteiger partial charge in [0.1, 0.15) is 22.1 Å². The molecule has 8 nitrogen and oxygen atoms in total. The SMILES string of the molecule is COc1ccccc1-c1cc(CSc2ccc(S(=O)(=O)N3CCN(C)CC3)cn2)on1. The average Bonchev–Trinajstić information content (AvgIpc) is 3.27. The number of hydrogen-bond donors (Lipinski definition) is 0. The van der Waals surface area contributed by atoms with Gasteiger partial charge >= 0.3 is 0 Å². The minimum atomic E-state index is -3.51. The van der Waals surface area contributed by atoms with Crippen LogP contribution in [0.1, 0.15) is 5.76 Å². The first-order valence-electron chi connectivity index (χ1n) is 9.84. The second-order valence-corrected chi connectivity index (χ2v) is 10.1. The predicted molar refractivity (Wildman–Crippen MR) is 119 cm³/mol. The average molecular weight is 461 g/mol. The van der Waals surface area contributed by atoms with Crippen molar-refractivity contribution in [3.05, 3.63) is 54.4 Å². The van der Waals surface area contributed by atoms with Crippen molar-refractivity contribution in [2.75, 3.05) is 40.3 Å². The molecule has 0 saturated carbocycles. The van der Waals surface area contributed by atoms with Crippen LogP contribution in [-0.4, -0.2) is 68.1 Å². The fourth-order valence-electron chi connectivity index (χ4n) is 3.29. The van der Waals surface area contributed by atoms with Gasteiger partial charge in [0.2, 0.25) is 10.0 Å². The highest BCUT2D eigenvalue weighted by Crippen LogP contribution is 2.31. The van der Waals surface area contributed by atoms with Gasteiger partial charge in [-0.1, -0.05) is 29.1 Å². The van der Waals surface area contributed by atoms with E-state index in [4.69, 9.17) is 9.26 Å². The molecule has 1 aliphatic heterocycles. The summed E-state index contributed by atoms with van der Waals surface area (Å²) in [7, 11) is 0.103. The monoisotopic (exact) mass is 460 g/mol. The number of methoxy groups -OCH3 is 1. The molecule has 0 N–H and O–H groups in total. The molecule has 0 radical (unpaired) electrons. The second kappa shape index (κ2) is 9.39. The summed E-state index contributed by atoms with van der Waals surface area (Å²) in [6.07, 6.45) is 1.43. The number of aromatic nitrogens is 2. The molecule has 1 aliphatic rings. The summed E-state index contributed by atoms with van der Waals surface area (Å²) in [6, 6.07) is 12.8. The van der Waals surface area contributed by atoms with Crippen molar-refractivity contribution in [3.8, 4) is 17.0 Å². The molecule has 0 amide bonds. The summed E-state index contributed by atoms with van der Waals surface area (Å²) in [6.45, 7) is 2.45. The first kappa shape index (κ1) is 21.8. The fraction of sp³-hybridized carbons (Fsp3) is 0.333. The zero-order chi connectivity index (χ0) is 21.8. The number of nitrogens with zero attached hydrogens (tertiary/aromatic N) is 4. The van der Waals surface area contributed by atoms with Gasteiger partial charge in [0, 0.05) is 44.0 Å². The van der Waals surface area contributed by atoms with Crippen molar-refractivity contribution >= 4 is 21.8 Å². The van der Waals surface area contributed by atoms with Gasteiger partial charge in [-0.15, -0.1) is 0 Å². The van der Waals surface area contributed by atoms with Crippen molar-refractivity contribution in [2.45, 2.75) is 15.7 Å². The molecule has 1 saturated heterocycles. The highest BCUT2D eigenvalue weighted by Gasteiger charge is 2.27. The van der Waals surface area contributed by atoms with Gasteiger partial charge in [-0.25, -0.2) is 13.4 Å². The van der Waals surface area contributed by atoms with Crippen LogP contribution in [0.3, 0.4) is 0 Å². The molecule has 0 spiro atoms. The lowest BCUT2D eigenvalue weighted by Crippen LogP contribution is -2.47. The van der Waals surface area contributed by atoms with Gasteiger partial charge in [0.25, 0.3) is 0 Å². The highest BCUT2D eigenvalue weighted by molar-refractivity contribution is 7.98. The molecule has 2 aromatic heterocycles. The molecule has 10 heteroatoms. The summed E-state index contributed by atoms with van der Waals surface area (Å²) in [5, 5.41) is 4.85. The molecule has 1 fully saturated rings. The van der Waals surface area contributed by atoms with Crippen LogP contribution < -0.4 is 4.74 Å². The van der Waals surface area contributed by atoms with Crippen LogP contribution in [0.15, 0.2) is 63.1 Å². The molecular weight excluding hydrogens is 436 g/mol. The van der Waals surface area contributed by atoms with E-state index in [1.807, 2.05) is 37.4 Å². The molecule has 31 heavy (non-hydrogen) atoms. The van der Waals surface area contributed by atoms with Crippen LogP contribution >= 0.6 is 11.8 Å². The van der Waals surface area contributed by atoms with Crippen molar-refractivity contribution < 1.29 is 17.7 Å². The molecule has 4 rings (SSSR count). The minimum absolute atomic E-state index is 0.222. The number of para-hydroxylation sites is 1. The maximum atomic E-state index is 12.8. The van der Waals surface area contributed by atoms with E-state index < -0.39 is 10.0 Å². The maximum Gasteiger partial charge on any atom is 0.244 e. The zero-order valence-electron chi connectivity index (χ0n) is 17.4. The number of pyridine rings is 1. The Balaban J connectivity index is 1.40. The summed E-state index contributed by atoms with van der Waals surface area (Å²) >= 11 is 1.46. The van der Waals surface area contributed by atoms with Gasteiger partial charge in [-0.2, -0.15) is 4.31 Å². The van der Waals surface area contributed by atoms with E-state index in [-0.39, 0.29) is 4.90 Å². The number of thioether (sulfide) groups is 1. The quantitative estimate of drug-likeness (QED) is 0.497. The van der Waals surface area contributed by atoms with Crippen LogP contribution in [-0.2, 0) is 15.8 Å². The first-order chi connectivity index (χ1) is 15.0. The number of ether oxygens (including phenoxy) is 1. The topological polar surface area (TPSA) is 88.8 Å². The van der Waals surface area contributed by atoms with Crippen LogP contribution in [0.25, 0.3) is 11.3 Å². The van der Waals surface area contributed by atoms with Crippen molar-refractivity contribution in [1.82, 2.24) is 19.3 Å². The summed E-state index contributed by atoms with van der Waals surface area (Å²) in [4.78, 5) is 6.67. The van der Waals surface area contributed by atoms with Gasteiger partial charge < -0.3 is 14.2 Å². The fourth-order valence-corrected chi connectivity index (χ4v) is 5.38. The summed E-state index contributed by atoms with van der Waals surface area (Å²) in [5.41, 5.74) is 1.57. The van der Waals surface area contributed by atoms with E-state index in [9.17, 15) is 8.42 Å². The van der Waals surface area contributed by atoms with Crippen molar-refractivity contribution in [3.63, 3.8) is 0 Å². The highest BCUT2D eigenvalue weighted by atomic mass is 32.2. The number of sulfonamides is 1. The molecule has 3 aromatic rings. The largest absolute Gasteiger partial charge is 0.496 e. The van der Waals surface area contributed by atoms with Gasteiger partial charge in [-0.3, -0.25) is 0 Å². The Hall–Kier alpha value is -2.40. The zero-order valence-corrected chi connectivity index (χ0v) is 19.0. The molecule has 0 unspecified atom stereocenters. The molecule has 164 valence electrons. The third kappa shape index (κ3) is 4.93. The Kier molecular flexibility index (Phi) is 6.61. The normalized spacial score (nSPS) is 15.8. The van der Waals surface area contributed by atoms with E-state index in [0.717, 1.165) is 24.4 Å². The Morgan fingerprint density at radius 1 is 1.13 bits per heavy atom. The Morgan fingerprint density at radius 2 is 1.90 bits per heavy atom. The molecule has 0 bridgehead atoms. The van der Waals surface area contributed by atoms with E-state index in [1.54, 1.807) is 19.2 Å². The number of rotatable bonds is 7. The first-order valence-corrected chi connectivity index (χ1v) is 12.3. The molecule has 3 heterocycles. The number of likely N-dealkylation sites (N-methyl/N-ethyl adjacent to an activating group) is 1. The lowest BCUT2D eigenvalue weighted by Gasteiger charge is -2.31. The summed E-state index contributed by atoms with van der Waals surface area (Å²) in [5.74, 6) is 1.95. The van der Waals surface area contributed by atoms with Crippen molar-refractivity contribution in [2.24, 2.45) is 0 Å². The summed E-state index contributed by atoms with van der Waals surface area (Å²) < 4.78 is 37.9. The van der Waals surface area contributed by atoms with Crippen LogP contribution in [0.2, 0.25) is 0 Å². The number of piperazine rings is 1. The van der Waals surface area contributed by atoms with Crippen LogP contribution in [0.5, 0.6) is 5.75 Å². The minimum Gasteiger partial charge on any atom is -0.496 e. The maximum absolute atomic E-state index is 12.8. The van der Waals surface area contributed by atoms with E-state index in [2.05, 4.69) is 15.0 Å². The Morgan fingerprint density at radius 3 is 2.61 bits per heavy atom. The van der Waals surface area contributed by atoms with Crippen LogP contribution in [0, 0.1) is 0 Å². The van der Waals surface area contributed by atoms with Gasteiger partial charge in [-0.05, 0) is 31.3 Å². The smallest absolute Gasteiger partial charge is 0.244 e. The van der Waals surface area contributed by atoms with Gasteiger partial charge in [0.15, 0.2) is 0 Å². The molecule has 1 aromatic carbocycles. The lowest BCUT2D eigenvalue weighted by atomic mass is 10.1. The Bertz CT molecular complexity index is 1120. The number of hydrogen-bond acceptors (Lipinski definition) is 8. The molecule has 0 aliphatic carbocycles. The number of benzene rings is 1. The van der Waals surface area contributed by atoms with E-state index >= 15 is 0 Å². The van der Waals surface area contributed by atoms with Crippen LogP contribution in [0.4, 0.5) is 0 Å². The van der Waals surface area contributed by atoms with E-state index in [0.29, 0.717) is 35.3 Å². The van der Waals surface area contributed by atoms with Crippen molar-refractivity contribution in [1.29, 1.82) is 0 Å². The third-order valence-electron chi connectivity index (χ3n) is 5.11. The van der Waals surface area contributed by atoms with E-state index in [1.165, 1.54) is 22.3 Å². The standard InChI is InChI=1S/C21H24N4O4S2/c1-24-9-11-25(12-10-24)31(26,27)17-7-8-21(22-14-17)30-15-16-13-19(23-29-16)18-5-3-4-6-20(18)28-2/h3-8,13-14H,9-12,15H2,1-2H3. The molecular formula is C21H24N4O4S2. The third-order valence-corrected chi connectivity index (χ3v) is 7.96. The Labute approximate surface area is 186 Å².